The largest absolute Gasteiger partial charge is 0.495 e. The van der Waals surface area contributed by atoms with Gasteiger partial charge in [0.15, 0.2) is 0 Å². The van der Waals surface area contributed by atoms with Gasteiger partial charge in [0.1, 0.15) is 5.75 Å². The van der Waals surface area contributed by atoms with Crippen LogP contribution in [-0.2, 0) is 6.42 Å². The van der Waals surface area contributed by atoms with Gasteiger partial charge in [-0.2, -0.15) is 0 Å². The molecule has 1 unspecified atom stereocenters. The summed E-state index contributed by atoms with van der Waals surface area (Å²) in [5, 5.41) is 0. The topological polar surface area (TPSA) is 61.0 Å². The molecule has 2 heterocycles. The third-order valence-electron chi connectivity index (χ3n) is 2.64. The first kappa shape index (κ1) is 11.5. The lowest BCUT2D eigenvalue weighted by Gasteiger charge is -2.15. The number of nitrogens with zero attached hydrogens (tertiary/aromatic N) is 2. The summed E-state index contributed by atoms with van der Waals surface area (Å²) in [4.78, 5) is 8.00. The molecular formula is C13H15N3O. The molecule has 2 rings (SSSR count). The molecule has 0 aromatic carbocycles. The average Bonchev–Trinajstić information content (AvgIpc) is 2.40. The van der Waals surface area contributed by atoms with Crippen LogP contribution in [0.4, 0.5) is 0 Å². The van der Waals surface area contributed by atoms with Crippen LogP contribution in [0.25, 0.3) is 0 Å². The SMILES string of the molecule is COc1cnccc1C(N)Cc1ccncc1. The fourth-order valence-electron chi connectivity index (χ4n) is 1.75. The van der Waals surface area contributed by atoms with Crippen LogP contribution in [0.2, 0.25) is 0 Å². The summed E-state index contributed by atoms with van der Waals surface area (Å²) in [6.07, 6.45) is 7.70. The van der Waals surface area contributed by atoms with Crippen molar-refractivity contribution < 1.29 is 4.74 Å². The van der Waals surface area contributed by atoms with Gasteiger partial charge >= 0.3 is 0 Å². The molecule has 88 valence electrons. The van der Waals surface area contributed by atoms with Gasteiger partial charge in [0.25, 0.3) is 0 Å². The Morgan fingerprint density at radius 2 is 1.88 bits per heavy atom. The standard InChI is InChI=1S/C13H15N3O/c1-17-13-9-16-7-4-11(13)12(14)8-10-2-5-15-6-3-10/h2-7,9,12H,8,14H2,1H3. The van der Waals surface area contributed by atoms with Crippen LogP contribution in [0.5, 0.6) is 5.75 Å². The van der Waals surface area contributed by atoms with Gasteiger partial charge in [-0.1, -0.05) is 0 Å². The van der Waals surface area contributed by atoms with Crippen molar-refractivity contribution in [2.75, 3.05) is 7.11 Å². The lowest BCUT2D eigenvalue weighted by Crippen LogP contribution is -2.14. The second-order valence-electron chi connectivity index (χ2n) is 3.78. The van der Waals surface area contributed by atoms with E-state index in [0.29, 0.717) is 0 Å². The van der Waals surface area contributed by atoms with Crippen LogP contribution in [0.3, 0.4) is 0 Å². The van der Waals surface area contributed by atoms with E-state index in [1.54, 1.807) is 31.9 Å². The number of ether oxygens (including phenoxy) is 1. The Balaban J connectivity index is 2.17. The van der Waals surface area contributed by atoms with E-state index >= 15 is 0 Å². The Morgan fingerprint density at radius 3 is 2.59 bits per heavy atom. The maximum Gasteiger partial charge on any atom is 0.141 e. The third-order valence-corrected chi connectivity index (χ3v) is 2.64. The van der Waals surface area contributed by atoms with Gasteiger partial charge in [-0.05, 0) is 30.2 Å². The first-order valence-corrected chi connectivity index (χ1v) is 5.43. The molecule has 0 amide bonds. The number of methoxy groups -OCH3 is 1. The van der Waals surface area contributed by atoms with Gasteiger partial charge in [0.05, 0.1) is 13.3 Å². The zero-order chi connectivity index (χ0) is 12.1. The summed E-state index contributed by atoms with van der Waals surface area (Å²) in [6, 6.07) is 5.72. The number of hydrogen-bond donors (Lipinski definition) is 1. The van der Waals surface area contributed by atoms with E-state index in [0.717, 1.165) is 23.3 Å². The summed E-state index contributed by atoms with van der Waals surface area (Å²) >= 11 is 0. The minimum absolute atomic E-state index is 0.102. The Labute approximate surface area is 100 Å². The lowest BCUT2D eigenvalue weighted by atomic mass is 10.0. The van der Waals surface area contributed by atoms with Crippen LogP contribution in [0.15, 0.2) is 43.0 Å². The molecule has 4 nitrogen and oxygen atoms in total. The minimum Gasteiger partial charge on any atom is -0.495 e. The van der Waals surface area contributed by atoms with Crippen LogP contribution in [-0.4, -0.2) is 17.1 Å². The van der Waals surface area contributed by atoms with Crippen LogP contribution >= 0.6 is 0 Å². The molecule has 2 N–H and O–H groups in total. The van der Waals surface area contributed by atoms with Crippen molar-refractivity contribution in [1.82, 2.24) is 9.97 Å². The molecule has 0 bridgehead atoms. The number of hydrogen-bond acceptors (Lipinski definition) is 4. The summed E-state index contributed by atoms with van der Waals surface area (Å²) in [5.74, 6) is 0.731. The summed E-state index contributed by atoms with van der Waals surface area (Å²) < 4.78 is 5.25. The van der Waals surface area contributed by atoms with Crippen molar-refractivity contribution in [2.24, 2.45) is 5.73 Å². The fraction of sp³-hybridized carbons (Fsp3) is 0.231. The van der Waals surface area contributed by atoms with E-state index in [9.17, 15) is 0 Å². The van der Waals surface area contributed by atoms with E-state index in [-0.39, 0.29) is 6.04 Å². The highest BCUT2D eigenvalue weighted by atomic mass is 16.5. The van der Waals surface area contributed by atoms with E-state index in [1.807, 2.05) is 18.2 Å². The fourth-order valence-corrected chi connectivity index (χ4v) is 1.75. The molecule has 0 spiro atoms. The van der Waals surface area contributed by atoms with E-state index in [1.165, 1.54) is 0 Å². The smallest absolute Gasteiger partial charge is 0.141 e. The Morgan fingerprint density at radius 1 is 1.18 bits per heavy atom. The van der Waals surface area contributed by atoms with Gasteiger partial charge in [0.2, 0.25) is 0 Å². The van der Waals surface area contributed by atoms with Crippen molar-refractivity contribution in [3.63, 3.8) is 0 Å². The van der Waals surface area contributed by atoms with Crippen molar-refractivity contribution >= 4 is 0 Å². The molecule has 0 aliphatic heterocycles. The molecule has 2 aromatic rings. The minimum atomic E-state index is -0.102. The van der Waals surface area contributed by atoms with E-state index in [4.69, 9.17) is 10.5 Å². The van der Waals surface area contributed by atoms with Gasteiger partial charge in [-0.15, -0.1) is 0 Å². The number of rotatable bonds is 4. The van der Waals surface area contributed by atoms with Crippen molar-refractivity contribution in [3.05, 3.63) is 54.1 Å². The zero-order valence-electron chi connectivity index (χ0n) is 9.71. The molecule has 17 heavy (non-hydrogen) atoms. The molecule has 0 aliphatic rings. The highest BCUT2D eigenvalue weighted by molar-refractivity contribution is 5.33. The predicted molar refractivity (Wildman–Crippen MR) is 65.7 cm³/mol. The highest BCUT2D eigenvalue weighted by Gasteiger charge is 2.12. The van der Waals surface area contributed by atoms with Crippen molar-refractivity contribution in [3.8, 4) is 5.75 Å². The molecule has 0 aliphatic carbocycles. The number of nitrogens with two attached hydrogens (primary N) is 1. The Hall–Kier alpha value is -1.94. The number of aromatic nitrogens is 2. The maximum atomic E-state index is 6.18. The van der Waals surface area contributed by atoms with Crippen LogP contribution in [0, 0.1) is 0 Å². The molecule has 0 fully saturated rings. The Kier molecular flexibility index (Phi) is 3.67. The summed E-state index contributed by atoms with van der Waals surface area (Å²) in [5.41, 5.74) is 8.31. The second kappa shape index (κ2) is 5.41. The molecule has 0 radical (unpaired) electrons. The normalized spacial score (nSPS) is 12.1. The van der Waals surface area contributed by atoms with Crippen LogP contribution in [0.1, 0.15) is 17.2 Å². The van der Waals surface area contributed by atoms with E-state index < -0.39 is 0 Å². The first-order chi connectivity index (χ1) is 8.31. The summed E-state index contributed by atoms with van der Waals surface area (Å²) in [7, 11) is 1.62. The van der Waals surface area contributed by atoms with Crippen molar-refractivity contribution in [2.45, 2.75) is 12.5 Å². The third kappa shape index (κ3) is 2.79. The van der Waals surface area contributed by atoms with E-state index in [2.05, 4.69) is 9.97 Å². The Bertz CT molecular complexity index is 473. The molecule has 4 heteroatoms. The highest BCUT2D eigenvalue weighted by Crippen LogP contribution is 2.24. The second-order valence-corrected chi connectivity index (χ2v) is 3.78. The predicted octanol–water partition coefficient (Wildman–Crippen LogP) is 1.73. The molecular weight excluding hydrogens is 214 g/mol. The maximum absolute atomic E-state index is 6.18. The molecule has 1 atom stereocenters. The van der Waals surface area contributed by atoms with Gasteiger partial charge in [-0.25, -0.2) is 0 Å². The van der Waals surface area contributed by atoms with Gasteiger partial charge in [0, 0.05) is 30.2 Å². The lowest BCUT2D eigenvalue weighted by molar-refractivity contribution is 0.403. The quantitative estimate of drug-likeness (QED) is 0.867. The zero-order valence-corrected chi connectivity index (χ0v) is 9.71. The number of pyridine rings is 2. The first-order valence-electron chi connectivity index (χ1n) is 5.43. The molecule has 0 saturated heterocycles. The molecule has 2 aromatic heterocycles. The van der Waals surface area contributed by atoms with Crippen molar-refractivity contribution in [1.29, 1.82) is 0 Å². The summed E-state index contributed by atoms with van der Waals surface area (Å²) in [6.45, 7) is 0. The van der Waals surface area contributed by atoms with Crippen LogP contribution < -0.4 is 10.5 Å². The van der Waals surface area contributed by atoms with Gasteiger partial charge in [-0.3, -0.25) is 9.97 Å². The average molecular weight is 229 g/mol. The molecule has 0 saturated carbocycles. The van der Waals surface area contributed by atoms with Gasteiger partial charge < -0.3 is 10.5 Å². The monoisotopic (exact) mass is 229 g/mol.